The van der Waals surface area contributed by atoms with Gasteiger partial charge in [0.2, 0.25) is 0 Å². The molecule has 0 bridgehead atoms. The Morgan fingerprint density at radius 1 is 1.29 bits per heavy atom. The summed E-state index contributed by atoms with van der Waals surface area (Å²) in [6.45, 7) is 0. The lowest BCUT2D eigenvalue weighted by molar-refractivity contribution is 0.158. The van der Waals surface area contributed by atoms with Crippen LogP contribution in [0.3, 0.4) is 0 Å². The Labute approximate surface area is 145 Å². The molecule has 1 atom stereocenters. The van der Waals surface area contributed by atoms with Crippen molar-refractivity contribution >= 4 is 28.5 Å². The maximum atomic E-state index is 6.43. The van der Waals surface area contributed by atoms with Crippen LogP contribution < -0.4 is 22.1 Å². The summed E-state index contributed by atoms with van der Waals surface area (Å²) in [6, 6.07) is 5.80. The van der Waals surface area contributed by atoms with Gasteiger partial charge in [0.05, 0.1) is 17.2 Å². The standard InChI is InChI=1S/C17H19ClN6/c18-11-3-4-13-14(8-11)24-16(9-21-13)23-12-6-10(7-12)17(20)15(19)2-1-5-22-17/h1-5,8-10,12,22H,6-7,19-20H2,(H,23,24). The van der Waals surface area contributed by atoms with Crippen LogP contribution in [0.4, 0.5) is 5.82 Å². The topological polar surface area (TPSA) is 102 Å². The number of nitrogens with one attached hydrogen (secondary N) is 2. The number of anilines is 1. The maximum absolute atomic E-state index is 6.43. The first-order valence-corrected chi connectivity index (χ1v) is 8.30. The summed E-state index contributed by atoms with van der Waals surface area (Å²) in [5.41, 5.74) is 14.1. The highest BCUT2D eigenvalue weighted by molar-refractivity contribution is 6.31. The van der Waals surface area contributed by atoms with Crippen LogP contribution in [0, 0.1) is 5.92 Å². The molecular formula is C17H19ClN6. The number of halogens is 1. The van der Waals surface area contributed by atoms with E-state index >= 15 is 0 Å². The molecule has 1 fully saturated rings. The second-order valence-electron chi connectivity index (χ2n) is 6.39. The van der Waals surface area contributed by atoms with Crippen LogP contribution in [0.25, 0.3) is 11.0 Å². The molecule has 7 heteroatoms. The van der Waals surface area contributed by atoms with E-state index in [4.69, 9.17) is 23.1 Å². The Balaban J connectivity index is 1.43. The van der Waals surface area contributed by atoms with Crippen LogP contribution in [0.2, 0.25) is 5.02 Å². The Morgan fingerprint density at radius 3 is 2.92 bits per heavy atom. The van der Waals surface area contributed by atoms with Gasteiger partial charge in [0.25, 0.3) is 0 Å². The van der Waals surface area contributed by atoms with Crippen molar-refractivity contribution in [3.8, 4) is 0 Å². The number of allylic oxidation sites excluding steroid dienone is 2. The van der Waals surface area contributed by atoms with Crippen LogP contribution in [0.15, 0.2) is 48.4 Å². The molecule has 1 aliphatic heterocycles. The van der Waals surface area contributed by atoms with Gasteiger partial charge >= 0.3 is 0 Å². The van der Waals surface area contributed by atoms with E-state index in [0.717, 1.165) is 29.7 Å². The zero-order valence-electron chi connectivity index (χ0n) is 13.0. The van der Waals surface area contributed by atoms with Crippen molar-refractivity contribution in [2.45, 2.75) is 24.5 Å². The largest absolute Gasteiger partial charge is 0.399 e. The molecule has 2 aromatic rings. The van der Waals surface area contributed by atoms with Crippen LogP contribution in [0.5, 0.6) is 0 Å². The van der Waals surface area contributed by atoms with E-state index in [2.05, 4.69) is 20.6 Å². The Kier molecular flexibility index (Phi) is 3.58. The molecule has 6 N–H and O–H groups in total. The van der Waals surface area contributed by atoms with E-state index in [1.54, 1.807) is 6.20 Å². The van der Waals surface area contributed by atoms with E-state index in [9.17, 15) is 0 Å². The second-order valence-corrected chi connectivity index (χ2v) is 6.83. The summed E-state index contributed by atoms with van der Waals surface area (Å²) in [5.74, 6) is 1.03. The highest BCUT2D eigenvalue weighted by Gasteiger charge is 2.45. The Bertz CT molecular complexity index is 842. The molecule has 1 aromatic heterocycles. The number of aromatic nitrogens is 2. The molecule has 2 heterocycles. The molecule has 0 spiro atoms. The second kappa shape index (κ2) is 5.65. The summed E-state index contributed by atoms with van der Waals surface area (Å²) < 4.78 is 0. The van der Waals surface area contributed by atoms with Crippen molar-refractivity contribution in [1.82, 2.24) is 15.3 Å². The lowest BCUT2D eigenvalue weighted by Gasteiger charge is -2.48. The molecule has 0 amide bonds. The third-order valence-corrected chi connectivity index (χ3v) is 5.05. The lowest BCUT2D eigenvalue weighted by atomic mass is 9.70. The van der Waals surface area contributed by atoms with Gasteiger partial charge in [-0.2, -0.15) is 0 Å². The van der Waals surface area contributed by atoms with Gasteiger partial charge in [-0.05, 0) is 49.4 Å². The zero-order chi connectivity index (χ0) is 16.7. The maximum Gasteiger partial charge on any atom is 0.145 e. The van der Waals surface area contributed by atoms with Crippen molar-refractivity contribution in [1.29, 1.82) is 0 Å². The van der Waals surface area contributed by atoms with Gasteiger partial charge in [-0.3, -0.25) is 4.98 Å². The Hall–Kier alpha value is -2.31. The molecule has 1 unspecified atom stereocenters. The van der Waals surface area contributed by atoms with Gasteiger partial charge in [-0.25, -0.2) is 4.98 Å². The van der Waals surface area contributed by atoms with E-state index in [1.165, 1.54) is 0 Å². The number of rotatable bonds is 3. The first kappa shape index (κ1) is 15.2. The van der Waals surface area contributed by atoms with Gasteiger partial charge in [0, 0.05) is 22.7 Å². The monoisotopic (exact) mass is 342 g/mol. The fourth-order valence-corrected chi connectivity index (χ4v) is 3.45. The number of nitrogens with zero attached hydrogens (tertiary/aromatic N) is 2. The van der Waals surface area contributed by atoms with Gasteiger partial charge in [0.1, 0.15) is 11.5 Å². The molecule has 0 radical (unpaired) electrons. The predicted molar refractivity (Wildman–Crippen MR) is 96.1 cm³/mol. The van der Waals surface area contributed by atoms with Crippen LogP contribution in [0.1, 0.15) is 12.8 Å². The quantitative estimate of drug-likeness (QED) is 0.681. The highest BCUT2D eigenvalue weighted by Crippen LogP contribution is 2.38. The zero-order valence-corrected chi connectivity index (χ0v) is 13.8. The summed E-state index contributed by atoms with van der Waals surface area (Å²) in [7, 11) is 0. The lowest BCUT2D eigenvalue weighted by Crippen LogP contribution is -2.65. The minimum Gasteiger partial charge on any atom is -0.399 e. The Morgan fingerprint density at radius 2 is 2.12 bits per heavy atom. The summed E-state index contributed by atoms with van der Waals surface area (Å²) >= 11 is 6.02. The van der Waals surface area contributed by atoms with E-state index in [-0.39, 0.29) is 5.92 Å². The fraction of sp³-hybridized carbons (Fsp3) is 0.294. The van der Waals surface area contributed by atoms with E-state index < -0.39 is 5.66 Å². The molecule has 1 aromatic carbocycles. The predicted octanol–water partition coefficient (Wildman–Crippen LogP) is 2.09. The molecule has 1 saturated carbocycles. The molecule has 0 saturated heterocycles. The number of hydrogen-bond donors (Lipinski definition) is 4. The minimum atomic E-state index is -0.657. The minimum absolute atomic E-state index is 0.277. The van der Waals surface area contributed by atoms with Crippen molar-refractivity contribution in [2.75, 3.05) is 5.32 Å². The van der Waals surface area contributed by atoms with Gasteiger partial charge in [-0.15, -0.1) is 0 Å². The van der Waals surface area contributed by atoms with Gasteiger partial charge in [-0.1, -0.05) is 11.6 Å². The summed E-state index contributed by atoms with van der Waals surface area (Å²) in [5, 5.41) is 7.26. The van der Waals surface area contributed by atoms with Gasteiger partial charge in [0.15, 0.2) is 0 Å². The van der Waals surface area contributed by atoms with Crippen LogP contribution in [-0.4, -0.2) is 21.7 Å². The average molecular weight is 343 g/mol. The normalized spacial score (nSPS) is 28.8. The number of nitrogens with two attached hydrogens (primary N) is 2. The first-order valence-electron chi connectivity index (χ1n) is 7.93. The average Bonchev–Trinajstić information content (AvgIpc) is 2.53. The molecule has 2 aliphatic rings. The third kappa shape index (κ3) is 2.57. The van der Waals surface area contributed by atoms with E-state index in [0.29, 0.717) is 16.8 Å². The molecule has 124 valence electrons. The van der Waals surface area contributed by atoms with Crippen molar-refractivity contribution < 1.29 is 0 Å². The van der Waals surface area contributed by atoms with Gasteiger partial charge < -0.3 is 22.1 Å². The number of fused-ring (bicyclic) bond motifs is 1. The van der Waals surface area contributed by atoms with Crippen molar-refractivity contribution in [2.24, 2.45) is 17.4 Å². The summed E-state index contributed by atoms with van der Waals surface area (Å²) in [6.07, 6.45) is 9.15. The molecular weight excluding hydrogens is 324 g/mol. The molecule has 1 aliphatic carbocycles. The van der Waals surface area contributed by atoms with Crippen molar-refractivity contribution in [3.63, 3.8) is 0 Å². The molecule has 24 heavy (non-hydrogen) atoms. The first-order chi connectivity index (χ1) is 11.5. The molecule has 6 nitrogen and oxygen atoms in total. The third-order valence-electron chi connectivity index (χ3n) is 4.81. The summed E-state index contributed by atoms with van der Waals surface area (Å²) in [4.78, 5) is 8.98. The SMILES string of the molecule is NC1=CC=CNC1(N)C1CC(Nc2cnc3ccc(Cl)cc3n2)C1. The smallest absolute Gasteiger partial charge is 0.145 e. The highest BCUT2D eigenvalue weighted by atomic mass is 35.5. The fourth-order valence-electron chi connectivity index (χ4n) is 3.28. The molecule has 4 rings (SSSR count). The van der Waals surface area contributed by atoms with E-state index in [1.807, 2.05) is 36.6 Å². The van der Waals surface area contributed by atoms with Crippen molar-refractivity contribution in [3.05, 3.63) is 53.5 Å². The number of benzene rings is 1. The van der Waals surface area contributed by atoms with Crippen LogP contribution >= 0.6 is 11.6 Å². The number of dihydropyridines is 1. The van der Waals surface area contributed by atoms with Crippen LogP contribution in [-0.2, 0) is 0 Å². The number of hydrogen-bond acceptors (Lipinski definition) is 6.